The molecule has 4 heteroatoms. The summed E-state index contributed by atoms with van der Waals surface area (Å²) in [5.74, 6) is 4.15. The Balaban J connectivity index is 1.37. The number of carbonyl (C=O) groups excluding carboxylic acids is 2. The molecule has 0 saturated heterocycles. The van der Waals surface area contributed by atoms with Crippen LogP contribution in [-0.4, -0.2) is 29.9 Å². The van der Waals surface area contributed by atoms with Crippen molar-refractivity contribution < 1.29 is 14.7 Å². The Kier molecular flexibility index (Phi) is 7.93. The highest BCUT2D eigenvalue weighted by molar-refractivity contribution is 5.79. The van der Waals surface area contributed by atoms with Gasteiger partial charge in [-0.1, -0.05) is 52.4 Å². The number of hydrogen-bond donors (Lipinski definition) is 2. The van der Waals surface area contributed by atoms with Crippen molar-refractivity contribution in [3.8, 4) is 0 Å². The Morgan fingerprint density at radius 3 is 2.48 bits per heavy atom. The Morgan fingerprint density at radius 2 is 1.73 bits per heavy atom. The Labute approximate surface area is 202 Å². The van der Waals surface area contributed by atoms with E-state index in [1.165, 1.54) is 57.8 Å². The molecule has 0 heterocycles. The Bertz CT molecular complexity index is 707. The number of rotatable bonds is 9. The van der Waals surface area contributed by atoms with Crippen LogP contribution in [0.1, 0.15) is 117 Å². The number of ketones is 1. The van der Waals surface area contributed by atoms with Gasteiger partial charge in [0.15, 0.2) is 0 Å². The van der Waals surface area contributed by atoms with E-state index < -0.39 is 0 Å². The molecule has 0 aromatic heterocycles. The second kappa shape index (κ2) is 10.4. The van der Waals surface area contributed by atoms with Crippen molar-refractivity contribution in [1.29, 1.82) is 0 Å². The first-order chi connectivity index (χ1) is 15.8. The van der Waals surface area contributed by atoms with Crippen molar-refractivity contribution in [1.82, 2.24) is 5.32 Å². The highest BCUT2D eigenvalue weighted by Gasteiger charge is 2.62. The number of aliphatic hydroxyl groups excluding tert-OH is 1. The normalized spacial score (nSPS) is 42.4. The maximum Gasteiger partial charge on any atom is 0.219 e. The van der Waals surface area contributed by atoms with E-state index in [2.05, 4.69) is 19.2 Å². The van der Waals surface area contributed by atoms with Gasteiger partial charge in [-0.3, -0.25) is 9.59 Å². The van der Waals surface area contributed by atoms with Gasteiger partial charge in [0.2, 0.25) is 5.91 Å². The van der Waals surface area contributed by atoms with Gasteiger partial charge < -0.3 is 10.4 Å². The van der Waals surface area contributed by atoms with Crippen LogP contribution in [0.5, 0.6) is 0 Å². The third-order valence-electron chi connectivity index (χ3n) is 11.0. The standard InChI is InChI=1S/C29H49NO3/c1-28-17-16-22(31)18-21(28)12-13-23-24-14-15-25(32)29(24,2)19-20(27(23)28)10-8-6-4-5-7-9-11-26(33)30-3/h20-21,23-25,27,32H,4-19H2,1-3H3,(H,30,33)/t20-,21-,23-,24-,25-,27-,28-,29-/m0/s1. The monoisotopic (exact) mass is 459 g/mol. The van der Waals surface area contributed by atoms with E-state index in [0.29, 0.717) is 35.4 Å². The maximum atomic E-state index is 12.3. The predicted molar refractivity (Wildman–Crippen MR) is 133 cm³/mol. The first-order valence-corrected chi connectivity index (χ1v) is 14.2. The fourth-order valence-corrected chi connectivity index (χ4v) is 9.23. The summed E-state index contributed by atoms with van der Waals surface area (Å²) < 4.78 is 0. The van der Waals surface area contributed by atoms with Crippen molar-refractivity contribution in [3.05, 3.63) is 0 Å². The molecule has 8 atom stereocenters. The number of fused-ring (bicyclic) bond motifs is 5. The molecule has 0 spiro atoms. The average molecular weight is 460 g/mol. The number of unbranched alkanes of at least 4 members (excludes halogenated alkanes) is 5. The van der Waals surface area contributed by atoms with Gasteiger partial charge in [-0.05, 0) is 85.4 Å². The molecule has 188 valence electrons. The van der Waals surface area contributed by atoms with Gasteiger partial charge in [-0.25, -0.2) is 0 Å². The van der Waals surface area contributed by atoms with E-state index >= 15 is 0 Å². The van der Waals surface area contributed by atoms with Gasteiger partial charge in [0.1, 0.15) is 5.78 Å². The molecule has 4 fully saturated rings. The van der Waals surface area contributed by atoms with Crippen molar-refractivity contribution in [2.45, 2.75) is 123 Å². The van der Waals surface area contributed by atoms with Gasteiger partial charge in [0.25, 0.3) is 0 Å². The number of Topliss-reactive ketones (excluding diaryl/α,β-unsaturated/α-hetero) is 1. The molecule has 33 heavy (non-hydrogen) atoms. The van der Waals surface area contributed by atoms with E-state index in [0.717, 1.165) is 50.4 Å². The molecule has 0 aromatic rings. The van der Waals surface area contributed by atoms with E-state index in [-0.39, 0.29) is 17.4 Å². The molecule has 0 aromatic carbocycles. The molecule has 0 unspecified atom stereocenters. The molecule has 0 bridgehead atoms. The number of amides is 1. The molecule has 4 saturated carbocycles. The summed E-state index contributed by atoms with van der Waals surface area (Å²) >= 11 is 0. The smallest absolute Gasteiger partial charge is 0.219 e. The maximum absolute atomic E-state index is 12.3. The summed E-state index contributed by atoms with van der Waals surface area (Å²) in [6.07, 6.45) is 17.7. The van der Waals surface area contributed by atoms with Crippen LogP contribution in [0.15, 0.2) is 0 Å². The second-order valence-electron chi connectivity index (χ2n) is 12.7. The quantitative estimate of drug-likeness (QED) is 0.412. The molecule has 2 N–H and O–H groups in total. The summed E-state index contributed by atoms with van der Waals surface area (Å²) in [4.78, 5) is 23.7. The minimum atomic E-state index is -0.121. The van der Waals surface area contributed by atoms with Gasteiger partial charge in [-0.2, -0.15) is 0 Å². The average Bonchev–Trinajstić information content (AvgIpc) is 3.09. The summed E-state index contributed by atoms with van der Waals surface area (Å²) in [5, 5.41) is 13.7. The van der Waals surface area contributed by atoms with Crippen LogP contribution in [0, 0.1) is 40.4 Å². The van der Waals surface area contributed by atoms with E-state index in [4.69, 9.17) is 0 Å². The van der Waals surface area contributed by atoms with Crippen LogP contribution < -0.4 is 5.32 Å². The zero-order chi connectivity index (χ0) is 23.6. The van der Waals surface area contributed by atoms with Gasteiger partial charge in [0.05, 0.1) is 6.10 Å². The lowest BCUT2D eigenvalue weighted by molar-refractivity contribution is -0.159. The highest BCUT2D eigenvalue weighted by atomic mass is 16.3. The van der Waals surface area contributed by atoms with Crippen LogP contribution in [0.4, 0.5) is 0 Å². The van der Waals surface area contributed by atoms with Gasteiger partial charge >= 0.3 is 0 Å². The second-order valence-corrected chi connectivity index (χ2v) is 12.7. The molecule has 0 radical (unpaired) electrons. The number of hydrogen-bond acceptors (Lipinski definition) is 3. The molecule has 4 aliphatic carbocycles. The van der Waals surface area contributed by atoms with E-state index in [9.17, 15) is 14.7 Å². The summed E-state index contributed by atoms with van der Waals surface area (Å²) in [5.41, 5.74) is 0.440. The minimum absolute atomic E-state index is 0.110. The molecule has 4 nitrogen and oxygen atoms in total. The lowest BCUT2D eigenvalue weighted by atomic mass is 9.42. The fraction of sp³-hybridized carbons (Fsp3) is 0.931. The van der Waals surface area contributed by atoms with Crippen LogP contribution in [0.3, 0.4) is 0 Å². The third-order valence-corrected chi connectivity index (χ3v) is 11.0. The first-order valence-electron chi connectivity index (χ1n) is 14.2. The lowest BCUT2D eigenvalue weighted by Gasteiger charge is -2.62. The van der Waals surface area contributed by atoms with Crippen molar-refractivity contribution in [3.63, 3.8) is 0 Å². The first kappa shape index (κ1) is 25.2. The van der Waals surface area contributed by atoms with Crippen molar-refractivity contribution in [2.24, 2.45) is 40.4 Å². The molecule has 4 rings (SSSR count). The zero-order valence-electron chi connectivity index (χ0n) is 21.5. The fourth-order valence-electron chi connectivity index (χ4n) is 9.23. The van der Waals surface area contributed by atoms with E-state index in [1.54, 1.807) is 7.05 Å². The molecule has 4 aliphatic rings. The highest BCUT2D eigenvalue weighted by Crippen LogP contribution is 2.68. The zero-order valence-corrected chi connectivity index (χ0v) is 21.5. The van der Waals surface area contributed by atoms with Crippen LogP contribution >= 0.6 is 0 Å². The van der Waals surface area contributed by atoms with Gasteiger partial charge in [0, 0.05) is 26.3 Å². The lowest BCUT2D eigenvalue weighted by Crippen LogP contribution is -2.57. The summed E-state index contributed by atoms with van der Waals surface area (Å²) in [7, 11) is 1.71. The number of carbonyl (C=O) groups is 2. The molecule has 1 amide bonds. The van der Waals surface area contributed by atoms with Gasteiger partial charge in [-0.15, -0.1) is 0 Å². The molecular weight excluding hydrogens is 410 g/mol. The van der Waals surface area contributed by atoms with Crippen molar-refractivity contribution >= 4 is 11.7 Å². The number of nitrogens with one attached hydrogen (secondary N) is 1. The third kappa shape index (κ3) is 4.93. The minimum Gasteiger partial charge on any atom is -0.393 e. The Hall–Kier alpha value is -0.900. The van der Waals surface area contributed by atoms with Crippen LogP contribution in [0.2, 0.25) is 0 Å². The van der Waals surface area contributed by atoms with Crippen LogP contribution in [-0.2, 0) is 9.59 Å². The molecule has 0 aliphatic heterocycles. The number of aliphatic hydroxyl groups is 1. The van der Waals surface area contributed by atoms with Crippen LogP contribution in [0.25, 0.3) is 0 Å². The Morgan fingerprint density at radius 1 is 1.00 bits per heavy atom. The molecular formula is C29H49NO3. The largest absolute Gasteiger partial charge is 0.393 e. The SMILES string of the molecule is CNC(=O)CCCCCCCC[C@H]1C[C@]2(C)[C@@H](O)CC[C@H]2[C@@H]2CC[C@H]3CC(=O)CC[C@]3(C)[C@@H]12. The predicted octanol–water partition coefficient (Wildman–Crippen LogP) is 6.05. The summed E-state index contributed by atoms with van der Waals surface area (Å²) in [6.45, 7) is 4.96. The topological polar surface area (TPSA) is 66.4 Å². The van der Waals surface area contributed by atoms with Crippen molar-refractivity contribution in [2.75, 3.05) is 7.05 Å². The summed E-state index contributed by atoms with van der Waals surface area (Å²) in [6, 6.07) is 0. The van der Waals surface area contributed by atoms with E-state index in [1.807, 2.05) is 0 Å².